The van der Waals surface area contributed by atoms with E-state index in [9.17, 15) is 14.0 Å². The number of carbonyl (C=O) groups excluding carboxylic acids is 2. The third-order valence-electron chi connectivity index (χ3n) is 6.77. The van der Waals surface area contributed by atoms with Gasteiger partial charge < -0.3 is 14.4 Å². The van der Waals surface area contributed by atoms with Crippen LogP contribution in [-0.4, -0.2) is 45.3 Å². The lowest BCUT2D eigenvalue weighted by Gasteiger charge is -2.39. The molecule has 1 unspecified atom stereocenters. The van der Waals surface area contributed by atoms with Crippen molar-refractivity contribution in [2.24, 2.45) is 0 Å². The minimum Gasteiger partial charge on any atom is -0.348 e. The molecule has 1 aliphatic heterocycles. The molecule has 0 saturated heterocycles. The monoisotopic (exact) mass is 469 g/mol. The molecule has 1 atom stereocenters. The predicted octanol–water partition coefficient (Wildman–Crippen LogP) is 5.94. The Balaban J connectivity index is 1.65. The van der Waals surface area contributed by atoms with Crippen LogP contribution < -0.4 is 0 Å². The Morgan fingerprint density at radius 1 is 1.03 bits per heavy atom. The fourth-order valence-corrected chi connectivity index (χ4v) is 4.85. The van der Waals surface area contributed by atoms with Gasteiger partial charge in [0.1, 0.15) is 12.4 Å². The topological polar surface area (TPSA) is 45.6 Å². The molecule has 5 nitrogen and oxygen atoms in total. The molecule has 0 aliphatic carbocycles. The van der Waals surface area contributed by atoms with Gasteiger partial charge in [-0.2, -0.15) is 0 Å². The molecule has 0 fully saturated rings. The Kier molecular flexibility index (Phi) is 9.73. The largest absolute Gasteiger partial charge is 0.348 e. The van der Waals surface area contributed by atoms with E-state index < -0.39 is 0 Å². The van der Waals surface area contributed by atoms with Crippen molar-refractivity contribution in [3.63, 3.8) is 0 Å². The summed E-state index contributed by atoms with van der Waals surface area (Å²) in [4.78, 5) is 30.0. The molecular formula is C28H40FN3O2. The first kappa shape index (κ1) is 26.0. The van der Waals surface area contributed by atoms with Gasteiger partial charge in [-0.05, 0) is 50.1 Å². The minimum atomic E-state index is -0.362. The van der Waals surface area contributed by atoms with Crippen LogP contribution in [0.25, 0.3) is 0 Å². The van der Waals surface area contributed by atoms with E-state index in [0.29, 0.717) is 19.5 Å². The average Bonchev–Trinajstić information content (AvgIpc) is 3.29. The lowest BCUT2D eigenvalue weighted by atomic mass is 9.99. The summed E-state index contributed by atoms with van der Waals surface area (Å²) >= 11 is 0. The number of hydrogen-bond donors (Lipinski definition) is 0. The van der Waals surface area contributed by atoms with Crippen molar-refractivity contribution in [3.05, 3.63) is 59.7 Å². The zero-order valence-corrected chi connectivity index (χ0v) is 21.0. The highest BCUT2D eigenvalue weighted by Crippen LogP contribution is 2.33. The van der Waals surface area contributed by atoms with Crippen LogP contribution in [0.4, 0.5) is 4.39 Å². The molecule has 0 bridgehead atoms. The second-order valence-corrected chi connectivity index (χ2v) is 9.66. The van der Waals surface area contributed by atoms with Crippen LogP contribution in [0.1, 0.15) is 89.4 Å². The van der Waals surface area contributed by atoms with Crippen LogP contribution in [0.5, 0.6) is 0 Å². The van der Waals surface area contributed by atoms with E-state index in [1.165, 1.54) is 37.8 Å². The maximum Gasteiger partial charge on any atom is 0.243 e. The summed E-state index contributed by atoms with van der Waals surface area (Å²) in [5.74, 6) is -0.370. The van der Waals surface area contributed by atoms with Crippen molar-refractivity contribution in [1.29, 1.82) is 0 Å². The Morgan fingerprint density at radius 3 is 2.47 bits per heavy atom. The molecule has 0 saturated carbocycles. The zero-order valence-electron chi connectivity index (χ0n) is 21.0. The molecule has 6 heteroatoms. The number of hydrogen-bond acceptors (Lipinski definition) is 2. The normalized spacial score (nSPS) is 15.4. The third kappa shape index (κ3) is 6.71. The summed E-state index contributed by atoms with van der Waals surface area (Å²) < 4.78 is 16.2. The number of amides is 2. The van der Waals surface area contributed by atoms with E-state index in [0.717, 1.165) is 30.5 Å². The highest BCUT2D eigenvalue weighted by Gasteiger charge is 2.34. The number of benzene rings is 1. The fraction of sp³-hybridized carbons (Fsp3) is 0.571. The summed E-state index contributed by atoms with van der Waals surface area (Å²) in [5.41, 5.74) is 1.72. The van der Waals surface area contributed by atoms with Crippen molar-refractivity contribution in [2.45, 2.75) is 90.8 Å². The van der Waals surface area contributed by atoms with Crippen LogP contribution in [0.2, 0.25) is 0 Å². The standard InChI is InChI=1S/C28H40FN3O2/c1-4-5-6-7-8-9-10-16-26(33)32(22(2)3)21-27(34)31-19-18-30-17-12-15-25(30)28(31)23-13-11-14-24(29)20-23/h11-15,17,20,22,28H,4-10,16,18-19,21H2,1-3H3. The Bertz CT molecular complexity index is 939. The van der Waals surface area contributed by atoms with Gasteiger partial charge in [0.15, 0.2) is 0 Å². The Hall–Kier alpha value is -2.63. The first-order chi connectivity index (χ1) is 16.4. The molecule has 2 aromatic rings. The van der Waals surface area contributed by atoms with Gasteiger partial charge in [-0.1, -0.05) is 57.6 Å². The van der Waals surface area contributed by atoms with Crippen molar-refractivity contribution in [1.82, 2.24) is 14.4 Å². The Labute approximate surface area is 203 Å². The predicted molar refractivity (Wildman–Crippen MR) is 134 cm³/mol. The second kappa shape index (κ2) is 12.7. The smallest absolute Gasteiger partial charge is 0.243 e. The number of rotatable bonds is 12. The fourth-order valence-electron chi connectivity index (χ4n) is 4.85. The molecule has 186 valence electrons. The first-order valence-electron chi connectivity index (χ1n) is 12.9. The van der Waals surface area contributed by atoms with Crippen LogP contribution in [0.15, 0.2) is 42.6 Å². The SMILES string of the molecule is CCCCCCCCCC(=O)N(CC(=O)N1CCn2cccc2C1c1cccc(F)c1)C(C)C. The maximum absolute atomic E-state index is 14.0. The summed E-state index contributed by atoms with van der Waals surface area (Å²) in [6, 6.07) is 9.99. The van der Waals surface area contributed by atoms with Gasteiger partial charge in [0.2, 0.25) is 11.8 Å². The van der Waals surface area contributed by atoms with E-state index in [1.54, 1.807) is 15.9 Å². The second-order valence-electron chi connectivity index (χ2n) is 9.66. The van der Waals surface area contributed by atoms with Gasteiger partial charge in [0.25, 0.3) is 0 Å². The summed E-state index contributed by atoms with van der Waals surface area (Å²) in [5, 5.41) is 0. The van der Waals surface area contributed by atoms with E-state index in [4.69, 9.17) is 0 Å². The summed E-state index contributed by atoms with van der Waals surface area (Å²) in [6.45, 7) is 7.40. The number of nitrogens with zero attached hydrogens (tertiary/aromatic N) is 3. The molecule has 34 heavy (non-hydrogen) atoms. The van der Waals surface area contributed by atoms with Crippen molar-refractivity contribution in [3.8, 4) is 0 Å². The van der Waals surface area contributed by atoms with Crippen molar-refractivity contribution in [2.75, 3.05) is 13.1 Å². The van der Waals surface area contributed by atoms with E-state index in [1.807, 2.05) is 38.2 Å². The van der Waals surface area contributed by atoms with Gasteiger partial charge in [-0.15, -0.1) is 0 Å². The van der Waals surface area contributed by atoms with Crippen molar-refractivity contribution >= 4 is 11.8 Å². The average molecular weight is 470 g/mol. The van der Waals surface area contributed by atoms with Crippen LogP contribution in [0, 0.1) is 5.82 Å². The van der Waals surface area contributed by atoms with E-state index in [2.05, 4.69) is 11.5 Å². The van der Waals surface area contributed by atoms with Gasteiger partial charge in [0.05, 0.1) is 6.04 Å². The Morgan fingerprint density at radius 2 is 1.76 bits per heavy atom. The van der Waals surface area contributed by atoms with Gasteiger partial charge in [0, 0.05) is 37.4 Å². The van der Waals surface area contributed by atoms with Crippen LogP contribution in [0.3, 0.4) is 0 Å². The molecule has 1 aromatic heterocycles. The molecule has 0 N–H and O–H groups in total. The van der Waals surface area contributed by atoms with Crippen LogP contribution in [-0.2, 0) is 16.1 Å². The van der Waals surface area contributed by atoms with Gasteiger partial charge in [-0.3, -0.25) is 9.59 Å². The van der Waals surface area contributed by atoms with Gasteiger partial charge >= 0.3 is 0 Å². The third-order valence-corrected chi connectivity index (χ3v) is 6.77. The number of unbranched alkanes of at least 4 members (excludes halogenated alkanes) is 6. The van der Waals surface area contributed by atoms with Gasteiger partial charge in [-0.25, -0.2) is 4.39 Å². The maximum atomic E-state index is 14.0. The molecule has 2 amide bonds. The molecule has 0 spiro atoms. The molecule has 0 radical (unpaired) electrons. The zero-order chi connectivity index (χ0) is 24.5. The summed E-state index contributed by atoms with van der Waals surface area (Å²) in [7, 11) is 0. The highest BCUT2D eigenvalue weighted by atomic mass is 19.1. The quantitative estimate of drug-likeness (QED) is 0.361. The highest BCUT2D eigenvalue weighted by molar-refractivity contribution is 5.85. The van der Waals surface area contributed by atoms with E-state index in [-0.39, 0.29) is 36.3 Å². The number of halogens is 1. The van der Waals surface area contributed by atoms with Crippen LogP contribution >= 0.6 is 0 Å². The molecule has 3 rings (SSSR count). The van der Waals surface area contributed by atoms with Crippen molar-refractivity contribution < 1.29 is 14.0 Å². The van der Waals surface area contributed by atoms with E-state index >= 15 is 0 Å². The number of aromatic nitrogens is 1. The molecule has 2 heterocycles. The lowest BCUT2D eigenvalue weighted by molar-refractivity contribution is -0.143. The molecule has 1 aliphatic rings. The first-order valence-corrected chi connectivity index (χ1v) is 12.9. The number of fused-ring (bicyclic) bond motifs is 1. The number of carbonyl (C=O) groups is 2. The molecule has 1 aromatic carbocycles. The molecular weight excluding hydrogens is 429 g/mol. The minimum absolute atomic E-state index is 0.0413. The lowest BCUT2D eigenvalue weighted by Crippen LogP contribution is -2.49. The summed E-state index contributed by atoms with van der Waals surface area (Å²) in [6.07, 6.45) is 10.6.